The molecule has 2 N–H and O–H groups in total. The van der Waals surface area contributed by atoms with E-state index in [1.54, 1.807) is 12.0 Å². The van der Waals surface area contributed by atoms with E-state index in [9.17, 15) is 14.4 Å². The Morgan fingerprint density at radius 1 is 1.53 bits per heavy atom. The molecule has 0 bridgehead atoms. The molecule has 0 saturated carbocycles. The molecular weight excluding hydrogens is 252 g/mol. The predicted molar refractivity (Wildman–Crippen MR) is 66.4 cm³/mol. The molecule has 1 saturated heterocycles. The maximum absolute atomic E-state index is 11.9. The Bertz CT molecular complexity index is 380. The third kappa shape index (κ3) is 3.92. The highest BCUT2D eigenvalue weighted by Gasteiger charge is 2.37. The van der Waals surface area contributed by atoms with E-state index in [2.05, 4.69) is 5.32 Å². The molecule has 0 aromatic carbocycles. The molecule has 19 heavy (non-hydrogen) atoms. The number of carboxylic acid groups (broad SMARTS) is 1. The van der Waals surface area contributed by atoms with Crippen molar-refractivity contribution >= 4 is 17.8 Å². The number of nitrogens with zero attached hydrogens (tertiary/aromatic N) is 1. The highest BCUT2D eigenvalue weighted by Crippen LogP contribution is 2.18. The Morgan fingerprint density at radius 3 is 2.68 bits per heavy atom. The van der Waals surface area contributed by atoms with Gasteiger partial charge in [-0.1, -0.05) is 0 Å². The van der Waals surface area contributed by atoms with Crippen LogP contribution in [-0.2, 0) is 19.1 Å². The van der Waals surface area contributed by atoms with E-state index in [0.29, 0.717) is 19.7 Å². The van der Waals surface area contributed by atoms with Gasteiger partial charge in [0.2, 0.25) is 11.8 Å². The van der Waals surface area contributed by atoms with Crippen LogP contribution >= 0.6 is 0 Å². The Morgan fingerprint density at radius 2 is 2.16 bits per heavy atom. The first-order chi connectivity index (χ1) is 8.77. The molecule has 1 unspecified atom stereocenters. The SMILES string of the molecule is COCCN1CC(C(=O)NC(C)(C)C(=O)O)CC1=O. The van der Waals surface area contributed by atoms with E-state index in [-0.39, 0.29) is 12.3 Å². The number of rotatable bonds is 6. The van der Waals surface area contributed by atoms with Gasteiger partial charge in [-0.25, -0.2) is 4.79 Å². The Labute approximate surface area is 111 Å². The van der Waals surface area contributed by atoms with Gasteiger partial charge in [0.1, 0.15) is 5.54 Å². The summed E-state index contributed by atoms with van der Waals surface area (Å²) >= 11 is 0. The average molecular weight is 272 g/mol. The van der Waals surface area contributed by atoms with Gasteiger partial charge in [-0.15, -0.1) is 0 Å². The first-order valence-corrected chi connectivity index (χ1v) is 6.10. The van der Waals surface area contributed by atoms with Crippen molar-refractivity contribution in [3.63, 3.8) is 0 Å². The molecule has 1 fully saturated rings. The summed E-state index contributed by atoms with van der Waals surface area (Å²) in [5.41, 5.74) is -1.33. The summed E-state index contributed by atoms with van der Waals surface area (Å²) in [4.78, 5) is 36.1. The van der Waals surface area contributed by atoms with Crippen LogP contribution < -0.4 is 5.32 Å². The van der Waals surface area contributed by atoms with E-state index >= 15 is 0 Å². The van der Waals surface area contributed by atoms with Crippen LogP contribution in [0.5, 0.6) is 0 Å². The molecule has 7 heteroatoms. The van der Waals surface area contributed by atoms with E-state index < -0.39 is 23.3 Å². The number of methoxy groups -OCH3 is 1. The van der Waals surface area contributed by atoms with Crippen LogP contribution in [0.3, 0.4) is 0 Å². The number of ether oxygens (including phenoxy) is 1. The lowest BCUT2D eigenvalue weighted by Gasteiger charge is -2.23. The normalized spacial score (nSPS) is 19.6. The molecule has 0 aliphatic carbocycles. The topological polar surface area (TPSA) is 95.9 Å². The van der Waals surface area contributed by atoms with Gasteiger partial charge < -0.3 is 20.1 Å². The summed E-state index contributed by atoms with van der Waals surface area (Å²) in [6.07, 6.45) is 0.116. The van der Waals surface area contributed by atoms with Crippen molar-refractivity contribution in [1.82, 2.24) is 10.2 Å². The van der Waals surface area contributed by atoms with Crippen molar-refractivity contribution in [3.05, 3.63) is 0 Å². The van der Waals surface area contributed by atoms with Crippen molar-refractivity contribution in [1.29, 1.82) is 0 Å². The monoisotopic (exact) mass is 272 g/mol. The molecule has 1 aliphatic rings. The predicted octanol–water partition coefficient (Wildman–Crippen LogP) is -0.539. The van der Waals surface area contributed by atoms with Crippen molar-refractivity contribution in [2.75, 3.05) is 26.8 Å². The van der Waals surface area contributed by atoms with Crippen molar-refractivity contribution < 1.29 is 24.2 Å². The lowest BCUT2D eigenvalue weighted by Crippen LogP contribution is -2.51. The van der Waals surface area contributed by atoms with Crippen LogP contribution in [0.25, 0.3) is 0 Å². The minimum atomic E-state index is -1.33. The number of nitrogens with one attached hydrogen (secondary N) is 1. The summed E-state index contributed by atoms with van der Waals surface area (Å²) in [7, 11) is 1.54. The number of hydrogen-bond acceptors (Lipinski definition) is 4. The zero-order valence-electron chi connectivity index (χ0n) is 11.4. The van der Waals surface area contributed by atoms with Gasteiger partial charge in [0.05, 0.1) is 12.5 Å². The third-order valence-electron chi connectivity index (χ3n) is 3.12. The second kappa shape index (κ2) is 6.01. The maximum Gasteiger partial charge on any atom is 0.328 e. The fraction of sp³-hybridized carbons (Fsp3) is 0.750. The number of hydrogen-bond donors (Lipinski definition) is 2. The lowest BCUT2D eigenvalue weighted by molar-refractivity contribution is -0.146. The standard InChI is InChI=1S/C12H20N2O5/c1-12(2,11(17)18)13-10(16)8-6-9(15)14(7-8)4-5-19-3/h8H,4-7H2,1-3H3,(H,13,16)(H,17,18). The van der Waals surface area contributed by atoms with Gasteiger partial charge in [-0.05, 0) is 13.8 Å². The molecule has 1 aliphatic heterocycles. The van der Waals surface area contributed by atoms with Crippen LogP contribution in [0.15, 0.2) is 0 Å². The molecule has 7 nitrogen and oxygen atoms in total. The summed E-state index contributed by atoms with van der Waals surface area (Å²) in [5, 5.41) is 11.4. The van der Waals surface area contributed by atoms with Crippen LogP contribution in [0.4, 0.5) is 0 Å². The Balaban J connectivity index is 2.56. The molecule has 1 heterocycles. The molecule has 0 spiro atoms. The molecule has 0 aromatic rings. The van der Waals surface area contributed by atoms with Crippen LogP contribution in [0.1, 0.15) is 20.3 Å². The van der Waals surface area contributed by atoms with Gasteiger partial charge in [0.25, 0.3) is 0 Å². The quantitative estimate of drug-likeness (QED) is 0.677. The first kappa shape index (κ1) is 15.4. The fourth-order valence-electron chi connectivity index (χ4n) is 1.83. The van der Waals surface area contributed by atoms with Crippen LogP contribution in [-0.4, -0.2) is 60.1 Å². The highest BCUT2D eigenvalue weighted by molar-refractivity contribution is 5.92. The number of carboxylic acids is 1. The van der Waals surface area contributed by atoms with Crippen molar-refractivity contribution in [2.45, 2.75) is 25.8 Å². The fourth-order valence-corrected chi connectivity index (χ4v) is 1.83. The minimum Gasteiger partial charge on any atom is -0.480 e. The number of carbonyl (C=O) groups is 3. The van der Waals surface area contributed by atoms with E-state index in [1.165, 1.54) is 13.8 Å². The van der Waals surface area contributed by atoms with Crippen molar-refractivity contribution in [2.24, 2.45) is 5.92 Å². The van der Waals surface area contributed by atoms with Gasteiger partial charge in [-0.2, -0.15) is 0 Å². The molecule has 0 radical (unpaired) electrons. The van der Waals surface area contributed by atoms with E-state index in [0.717, 1.165) is 0 Å². The number of aliphatic carboxylic acids is 1. The summed E-state index contributed by atoms with van der Waals surface area (Å²) in [6, 6.07) is 0. The Hall–Kier alpha value is -1.63. The zero-order chi connectivity index (χ0) is 14.6. The lowest BCUT2D eigenvalue weighted by atomic mass is 10.0. The molecule has 0 aromatic heterocycles. The third-order valence-corrected chi connectivity index (χ3v) is 3.12. The van der Waals surface area contributed by atoms with E-state index in [1.807, 2.05) is 0 Å². The summed E-state index contributed by atoms with van der Waals surface area (Å²) < 4.78 is 4.89. The number of carbonyl (C=O) groups excluding carboxylic acids is 2. The Kier molecular flexibility index (Phi) is 4.88. The summed E-state index contributed by atoms with van der Waals surface area (Å²) in [6.45, 7) is 3.99. The van der Waals surface area contributed by atoms with Crippen LogP contribution in [0.2, 0.25) is 0 Å². The summed E-state index contributed by atoms with van der Waals surface area (Å²) in [5.74, 6) is -2.12. The van der Waals surface area contributed by atoms with Crippen molar-refractivity contribution in [3.8, 4) is 0 Å². The molecule has 108 valence electrons. The smallest absolute Gasteiger partial charge is 0.328 e. The van der Waals surface area contributed by atoms with Gasteiger partial charge in [0.15, 0.2) is 0 Å². The number of likely N-dealkylation sites (tertiary alicyclic amines) is 1. The average Bonchev–Trinajstić information content (AvgIpc) is 2.67. The van der Waals surface area contributed by atoms with Gasteiger partial charge >= 0.3 is 5.97 Å². The largest absolute Gasteiger partial charge is 0.480 e. The van der Waals surface area contributed by atoms with E-state index in [4.69, 9.17) is 9.84 Å². The molecular formula is C12H20N2O5. The highest BCUT2D eigenvalue weighted by atomic mass is 16.5. The van der Waals surface area contributed by atoms with Crippen LogP contribution in [0, 0.1) is 5.92 Å². The maximum atomic E-state index is 11.9. The van der Waals surface area contributed by atoms with Gasteiger partial charge in [0, 0.05) is 26.6 Å². The zero-order valence-corrected chi connectivity index (χ0v) is 11.4. The minimum absolute atomic E-state index is 0.106. The second-order valence-electron chi connectivity index (χ2n) is 5.15. The first-order valence-electron chi connectivity index (χ1n) is 6.10. The molecule has 1 rings (SSSR count). The van der Waals surface area contributed by atoms with Gasteiger partial charge in [-0.3, -0.25) is 9.59 Å². The molecule has 1 atom stereocenters. The number of amides is 2. The molecule has 2 amide bonds. The second-order valence-corrected chi connectivity index (χ2v) is 5.15.